The Kier molecular flexibility index (Phi) is 4.86. The third-order valence-electron chi connectivity index (χ3n) is 5.08. The summed E-state index contributed by atoms with van der Waals surface area (Å²) in [6, 6.07) is 5.36. The molecule has 28 heavy (non-hydrogen) atoms. The van der Waals surface area contributed by atoms with Gasteiger partial charge in [-0.25, -0.2) is 0 Å². The van der Waals surface area contributed by atoms with Crippen molar-refractivity contribution < 1.29 is 19.2 Å². The lowest BCUT2D eigenvalue weighted by molar-refractivity contribution is -0.385. The zero-order valence-corrected chi connectivity index (χ0v) is 15.5. The van der Waals surface area contributed by atoms with Crippen LogP contribution in [0.25, 0.3) is 0 Å². The molecular formula is C18H21N5O5. The Morgan fingerprint density at radius 3 is 2.71 bits per heavy atom. The van der Waals surface area contributed by atoms with Crippen LogP contribution in [0.15, 0.2) is 30.6 Å². The SMILES string of the molecule is C[C@@H](C(=O)N1CCN(Cc2ccc3c(c2)OCO3)CC1)n1cc([N+](=O)[O-])cn1. The minimum Gasteiger partial charge on any atom is -0.454 e. The summed E-state index contributed by atoms with van der Waals surface area (Å²) in [4.78, 5) is 27.1. The van der Waals surface area contributed by atoms with Crippen molar-refractivity contribution in [2.24, 2.45) is 0 Å². The monoisotopic (exact) mass is 387 g/mol. The molecule has 3 heterocycles. The van der Waals surface area contributed by atoms with Gasteiger partial charge in [-0.05, 0) is 24.6 Å². The number of aromatic nitrogens is 2. The molecule has 1 aromatic heterocycles. The molecule has 2 aliphatic heterocycles. The maximum absolute atomic E-state index is 12.7. The normalized spacial score (nSPS) is 17.5. The van der Waals surface area contributed by atoms with Gasteiger partial charge in [0, 0.05) is 32.7 Å². The van der Waals surface area contributed by atoms with Gasteiger partial charge in [0.15, 0.2) is 11.5 Å². The van der Waals surface area contributed by atoms with Crippen molar-refractivity contribution >= 4 is 11.6 Å². The highest BCUT2D eigenvalue weighted by Gasteiger charge is 2.27. The van der Waals surface area contributed by atoms with Crippen molar-refractivity contribution in [1.82, 2.24) is 19.6 Å². The number of hydrogen-bond donors (Lipinski definition) is 0. The summed E-state index contributed by atoms with van der Waals surface area (Å²) < 4.78 is 12.1. The highest BCUT2D eigenvalue weighted by Crippen LogP contribution is 2.32. The van der Waals surface area contributed by atoms with Crippen LogP contribution in [-0.4, -0.2) is 63.4 Å². The number of hydrogen-bond acceptors (Lipinski definition) is 7. The van der Waals surface area contributed by atoms with Crippen molar-refractivity contribution in [3.63, 3.8) is 0 Å². The molecule has 10 nitrogen and oxygen atoms in total. The first-order valence-corrected chi connectivity index (χ1v) is 9.09. The van der Waals surface area contributed by atoms with E-state index in [1.807, 2.05) is 18.2 Å². The van der Waals surface area contributed by atoms with E-state index in [0.717, 1.165) is 42.9 Å². The Morgan fingerprint density at radius 2 is 2.00 bits per heavy atom. The van der Waals surface area contributed by atoms with Crippen LogP contribution in [0.3, 0.4) is 0 Å². The maximum atomic E-state index is 12.7. The third kappa shape index (κ3) is 3.63. The van der Waals surface area contributed by atoms with Gasteiger partial charge < -0.3 is 14.4 Å². The van der Waals surface area contributed by atoms with Gasteiger partial charge in [-0.3, -0.25) is 24.5 Å². The van der Waals surface area contributed by atoms with E-state index in [-0.39, 0.29) is 18.4 Å². The number of benzene rings is 1. The molecule has 0 radical (unpaired) electrons. The molecule has 10 heteroatoms. The largest absolute Gasteiger partial charge is 0.454 e. The van der Waals surface area contributed by atoms with Crippen LogP contribution in [0.5, 0.6) is 11.5 Å². The number of ether oxygens (including phenoxy) is 2. The minimum absolute atomic E-state index is 0.0827. The van der Waals surface area contributed by atoms with Crippen LogP contribution in [0, 0.1) is 10.1 Å². The summed E-state index contributed by atoms with van der Waals surface area (Å²) in [7, 11) is 0. The molecule has 4 rings (SSSR count). The molecule has 1 fully saturated rings. The van der Waals surface area contributed by atoms with Crippen LogP contribution in [0.1, 0.15) is 18.5 Å². The molecule has 1 amide bonds. The van der Waals surface area contributed by atoms with Crippen molar-refractivity contribution in [3.05, 3.63) is 46.3 Å². The first-order valence-electron chi connectivity index (χ1n) is 9.09. The molecule has 0 bridgehead atoms. The molecule has 148 valence electrons. The van der Waals surface area contributed by atoms with Crippen LogP contribution in [-0.2, 0) is 11.3 Å². The van der Waals surface area contributed by atoms with Gasteiger partial charge >= 0.3 is 5.69 Å². The summed E-state index contributed by atoms with van der Waals surface area (Å²) in [5, 5.41) is 14.7. The van der Waals surface area contributed by atoms with E-state index in [1.54, 1.807) is 11.8 Å². The molecule has 0 spiro atoms. The van der Waals surface area contributed by atoms with Crippen molar-refractivity contribution in [2.45, 2.75) is 19.5 Å². The molecule has 1 atom stereocenters. The average molecular weight is 387 g/mol. The summed E-state index contributed by atoms with van der Waals surface area (Å²) in [5.74, 6) is 1.46. The van der Waals surface area contributed by atoms with Gasteiger partial charge in [-0.2, -0.15) is 5.10 Å². The second-order valence-electron chi connectivity index (χ2n) is 6.90. The van der Waals surface area contributed by atoms with Gasteiger partial charge in [0.1, 0.15) is 18.4 Å². The zero-order chi connectivity index (χ0) is 19.7. The Balaban J connectivity index is 1.31. The summed E-state index contributed by atoms with van der Waals surface area (Å²) in [6.07, 6.45) is 2.45. The Hall–Kier alpha value is -3.14. The van der Waals surface area contributed by atoms with Crippen LogP contribution in [0.4, 0.5) is 5.69 Å². The van der Waals surface area contributed by atoms with Gasteiger partial charge in [-0.15, -0.1) is 0 Å². The zero-order valence-electron chi connectivity index (χ0n) is 15.5. The average Bonchev–Trinajstić information content (AvgIpc) is 3.37. The van der Waals surface area contributed by atoms with Crippen LogP contribution in [0.2, 0.25) is 0 Å². The second-order valence-corrected chi connectivity index (χ2v) is 6.90. The molecule has 1 aromatic carbocycles. The fourth-order valence-electron chi connectivity index (χ4n) is 3.44. The van der Waals surface area contributed by atoms with Crippen molar-refractivity contribution in [1.29, 1.82) is 0 Å². The molecule has 2 aliphatic rings. The number of fused-ring (bicyclic) bond motifs is 1. The predicted molar refractivity (Wildman–Crippen MR) is 98.0 cm³/mol. The van der Waals surface area contributed by atoms with E-state index < -0.39 is 11.0 Å². The standard InChI is InChI=1S/C18H21N5O5/c1-13(22-11-15(9-19-22)23(25)26)18(24)21-6-4-20(5-7-21)10-14-2-3-16-17(8-14)28-12-27-16/h2-3,8-9,11,13H,4-7,10,12H2,1H3/t13-/m0/s1. The van der Waals surface area contributed by atoms with E-state index in [1.165, 1.54) is 10.9 Å². The molecule has 0 unspecified atom stereocenters. The lowest BCUT2D eigenvalue weighted by atomic mass is 10.1. The van der Waals surface area contributed by atoms with Gasteiger partial charge in [0.25, 0.3) is 0 Å². The first-order chi connectivity index (χ1) is 13.5. The van der Waals surface area contributed by atoms with Crippen LogP contribution >= 0.6 is 0 Å². The third-order valence-corrected chi connectivity index (χ3v) is 5.08. The van der Waals surface area contributed by atoms with E-state index in [2.05, 4.69) is 10.00 Å². The van der Waals surface area contributed by atoms with E-state index in [0.29, 0.717) is 13.1 Å². The fourth-order valence-corrected chi connectivity index (χ4v) is 3.44. The van der Waals surface area contributed by atoms with E-state index in [4.69, 9.17) is 9.47 Å². The maximum Gasteiger partial charge on any atom is 0.307 e. The first kappa shape index (κ1) is 18.2. The predicted octanol–water partition coefficient (Wildman–Crippen LogP) is 1.43. The molecule has 0 aliphatic carbocycles. The van der Waals surface area contributed by atoms with Crippen molar-refractivity contribution in [2.75, 3.05) is 33.0 Å². The summed E-state index contributed by atoms with van der Waals surface area (Å²) >= 11 is 0. The number of nitro groups is 1. The number of amides is 1. The minimum atomic E-state index is -0.575. The van der Waals surface area contributed by atoms with Crippen LogP contribution < -0.4 is 9.47 Å². The summed E-state index contributed by atoms with van der Waals surface area (Å²) in [6.45, 7) is 5.47. The number of rotatable bonds is 5. The number of piperazine rings is 1. The number of carbonyl (C=O) groups excluding carboxylic acids is 1. The summed E-state index contributed by atoms with van der Waals surface area (Å²) in [5.41, 5.74) is 1.02. The highest BCUT2D eigenvalue weighted by atomic mass is 16.7. The topological polar surface area (TPSA) is 103 Å². The lowest BCUT2D eigenvalue weighted by Gasteiger charge is -2.36. The Bertz CT molecular complexity index is 890. The molecule has 2 aromatic rings. The Labute approximate surface area is 161 Å². The smallest absolute Gasteiger partial charge is 0.307 e. The molecule has 0 saturated carbocycles. The van der Waals surface area contributed by atoms with Crippen molar-refractivity contribution in [3.8, 4) is 11.5 Å². The number of nitrogens with zero attached hydrogens (tertiary/aromatic N) is 5. The molecule has 1 saturated heterocycles. The van der Waals surface area contributed by atoms with Gasteiger partial charge in [0.05, 0.1) is 4.92 Å². The highest BCUT2D eigenvalue weighted by molar-refractivity contribution is 5.80. The molecular weight excluding hydrogens is 366 g/mol. The van der Waals surface area contributed by atoms with E-state index in [9.17, 15) is 14.9 Å². The van der Waals surface area contributed by atoms with Gasteiger partial charge in [-0.1, -0.05) is 6.07 Å². The lowest BCUT2D eigenvalue weighted by Crippen LogP contribution is -2.49. The molecule has 0 N–H and O–H groups in total. The quantitative estimate of drug-likeness (QED) is 0.565. The number of carbonyl (C=O) groups is 1. The Morgan fingerprint density at radius 1 is 1.25 bits per heavy atom. The van der Waals surface area contributed by atoms with E-state index >= 15 is 0 Å². The second kappa shape index (κ2) is 7.47. The van der Waals surface area contributed by atoms with Gasteiger partial charge in [0.2, 0.25) is 12.7 Å². The fraction of sp³-hybridized carbons (Fsp3) is 0.444.